The van der Waals surface area contributed by atoms with Crippen LogP contribution >= 0.6 is 0 Å². The molecule has 4 N–H and O–H groups in total. The smallest absolute Gasteiger partial charge is 0.0558 e. The first kappa shape index (κ1) is 12.9. The molecular formula is C10H24N4O. The number of rotatable bonds is 7. The maximum absolute atomic E-state index is 8.81. The maximum Gasteiger partial charge on any atom is 0.0558 e. The average Bonchev–Trinajstić information content (AvgIpc) is 2.27. The van der Waals surface area contributed by atoms with E-state index in [0.29, 0.717) is 6.54 Å². The lowest BCUT2D eigenvalue weighted by molar-refractivity contribution is 0.113. The van der Waals surface area contributed by atoms with Crippen molar-refractivity contribution in [1.82, 2.24) is 15.1 Å². The van der Waals surface area contributed by atoms with Crippen LogP contribution in [0, 0.1) is 0 Å². The predicted molar refractivity (Wildman–Crippen MR) is 61.9 cm³/mol. The van der Waals surface area contributed by atoms with E-state index >= 15 is 0 Å². The van der Waals surface area contributed by atoms with E-state index in [2.05, 4.69) is 15.1 Å². The van der Waals surface area contributed by atoms with Crippen molar-refractivity contribution in [1.29, 1.82) is 0 Å². The van der Waals surface area contributed by atoms with Crippen LogP contribution in [0.3, 0.4) is 0 Å². The molecule has 1 aliphatic rings. The Morgan fingerprint density at radius 1 is 1.00 bits per heavy atom. The number of hydrogen-bond acceptors (Lipinski definition) is 5. The van der Waals surface area contributed by atoms with Gasteiger partial charge in [-0.2, -0.15) is 0 Å². The molecule has 15 heavy (non-hydrogen) atoms. The van der Waals surface area contributed by atoms with Gasteiger partial charge in [-0.15, -0.1) is 0 Å². The van der Waals surface area contributed by atoms with Gasteiger partial charge in [0.25, 0.3) is 0 Å². The molecule has 0 aliphatic carbocycles. The van der Waals surface area contributed by atoms with Crippen LogP contribution in [0.4, 0.5) is 0 Å². The molecule has 5 heteroatoms. The summed E-state index contributed by atoms with van der Waals surface area (Å²) in [6.07, 6.45) is 0. The quantitative estimate of drug-likeness (QED) is 0.436. The molecule has 0 unspecified atom stereocenters. The van der Waals surface area contributed by atoms with Gasteiger partial charge in [0.15, 0.2) is 0 Å². The van der Waals surface area contributed by atoms with Crippen molar-refractivity contribution in [2.45, 2.75) is 0 Å². The Morgan fingerprint density at radius 2 is 1.60 bits per heavy atom. The molecule has 0 atom stereocenters. The topological polar surface area (TPSA) is 64.8 Å². The summed E-state index contributed by atoms with van der Waals surface area (Å²) < 4.78 is 0. The largest absolute Gasteiger partial charge is 0.395 e. The molecule has 0 spiro atoms. The average molecular weight is 216 g/mol. The Bertz CT molecular complexity index is 146. The third kappa shape index (κ3) is 5.44. The molecule has 0 aromatic heterocycles. The van der Waals surface area contributed by atoms with Gasteiger partial charge in [-0.25, -0.2) is 0 Å². The van der Waals surface area contributed by atoms with Gasteiger partial charge in [0.05, 0.1) is 6.61 Å². The summed E-state index contributed by atoms with van der Waals surface area (Å²) in [5.41, 5.74) is 5.39. The molecule has 1 rings (SSSR count). The molecule has 90 valence electrons. The first-order valence-corrected chi connectivity index (χ1v) is 5.83. The summed E-state index contributed by atoms with van der Waals surface area (Å²) in [4.78, 5) is 4.77. The first-order valence-electron chi connectivity index (χ1n) is 5.83. The van der Waals surface area contributed by atoms with Crippen molar-refractivity contribution in [2.75, 3.05) is 65.5 Å². The number of nitrogens with one attached hydrogen (secondary N) is 1. The second-order valence-corrected chi connectivity index (χ2v) is 3.95. The van der Waals surface area contributed by atoms with Gasteiger partial charge in [-0.1, -0.05) is 0 Å². The van der Waals surface area contributed by atoms with Gasteiger partial charge in [0.2, 0.25) is 0 Å². The number of aliphatic hydroxyl groups is 1. The normalized spacial score (nSPS) is 19.6. The molecule has 1 heterocycles. The van der Waals surface area contributed by atoms with E-state index in [-0.39, 0.29) is 6.61 Å². The van der Waals surface area contributed by atoms with Crippen LogP contribution in [0.2, 0.25) is 0 Å². The minimum atomic E-state index is 0.276. The van der Waals surface area contributed by atoms with E-state index in [1.165, 1.54) is 0 Å². The molecule has 1 fully saturated rings. The van der Waals surface area contributed by atoms with Crippen molar-refractivity contribution >= 4 is 0 Å². The highest BCUT2D eigenvalue weighted by molar-refractivity contribution is 4.72. The molecule has 0 aromatic carbocycles. The van der Waals surface area contributed by atoms with Gasteiger partial charge in [0.1, 0.15) is 0 Å². The zero-order valence-corrected chi connectivity index (χ0v) is 9.49. The monoisotopic (exact) mass is 216 g/mol. The Hall–Kier alpha value is -0.200. The summed E-state index contributed by atoms with van der Waals surface area (Å²) in [6, 6.07) is 0. The summed E-state index contributed by atoms with van der Waals surface area (Å²) >= 11 is 0. The molecule has 0 amide bonds. The van der Waals surface area contributed by atoms with Gasteiger partial charge < -0.3 is 16.2 Å². The van der Waals surface area contributed by atoms with Crippen molar-refractivity contribution in [3.05, 3.63) is 0 Å². The molecule has 0 bridgehead atoms. The van der Waals surface area contributed by atoms with E-state index in [9.17, 15) is 0 Å². The fourth-order valence-electron chi connectivity index (χ4n) is 1.84. The fourth-order valence-corrected chi connectivity index (χ4v) is 1.84. The second kappa shape index (κ2) is 8.01. The number of aliphatic hydroxyl groups excluding tert-OH is 1. The Balaban J connectivity index is 1.99. The van der Waals surface area contributed by atoms with E-state index in [4.69, 9.17) is 10.8 Å². The number of nitrogens with zero attached hydrogens (tertiary/aromatic N) is 2. The summed E-state index contributed by atoms with van der Waals surface area (Å²) in [6.45, 7) is 9.24. The first-order chi connectivity index (χ1) is 7.36. The van der Waals surface area contributed by atoms with Crippen molar-refractivity contribution in [2.24, 2.45) is 5.73 Å². The van der Waals surface area contributed by atoms with E-state index in [1.807, 2.05) is 0 Å². The van der Waals surface area contributed by atoms with Crippen molar-refractivity contribution in [3.63, 3.8) is 0 Å². The summed E-state index contributed by atoms with van der Waals surface area (Å²) in [5, 5.41) is 12.1. The van der Waals surface area contributed by atoms with Crippen LogP contribution < -0.4 is 11.1 Å². The standard InChI is InChI=1S/C10H24N4O/c11-1-2-12-3-4-13-5-7-14(8-6-13)9-10-15/h12,15H,1-11H2. The second-order valence-electron chi connectivity index (χ2n) is 3.95. The SMILES string of the molecule is NCCNCCN1CCN(CCO)CC1. The molecule has 1 saturated heterocycles. The summed E-state index contributed by atoms with van der Waals surface area (Å²) in [5.74, 6) is 0. The number of nitrogens with two attached hydrogens (primary N) is 1. The van der Waals surface area contributed by atoms with Crippen LogP contribution in [0.25, 0.3) is 0 Å². The molecular weight excluding hydrogens is 192 g/mol. The number of β-amino-alcohol motifs (C(OH)–C–C–N with tert-alkyl or cyclic N) is 1. The highest BCUT2D eigenvalue weighted by Crippen LogP contribution is 1.99. The highest BCUT2D eigenvalue weighted by Gasteiger charge is 2.15. The third-order valence-electron chi connectivity index (χ3n) is 2.81. The third-order valence-corrected chi connectivity index (χ3v) is 2.81. The molecule has 0 saturated carbocycles. The van der Waals surface area contributed by atoms with Crippen LogP contribution in [-0.4, -0.2) is 80.4 Å². The Labute approximate surface area is 92.2 Å². The lowest BCUT2D eigenvalue weighted by Crippen LogP contribution is -2.48. The van der Waals surface area contributed by atoms with E-state index in [1.54, 1.807) is 0 Å². The molecule has 1 aliphatic heterocycles. The predicted octanol–water partition coefficient (Wildman–Crippen LogP) is -1.86. The highest BCUT2D eigenvalue weighted by atomic mass is 16.3. The van der Waals surface area contributed by atoms with Crippen molar-refractivity contribution < 1.29 is 5.11 Å². The minimum Gasteiger partial charge on any atom is -0.395 e. The van der Waals surface area contributed by atoms with Gasteiger partial charge in [-0.05, 0) is 0 Å². The minimum absolute atomic E-state index is 0.276. The zero-order valence-electron chi connectivity index (χ0n) is 9.49. The zero-order chi connectivity index (χ0) is 10.9. The van der Waals surface area contributed by atoms with Crippen LogP contribution in [0.15, 0.2) is 0 Å². The fraction of sp³-hybridized carbons (Fsp3) is 1.00. The van der Waals surface area contributed by atoms with Gasteiger partial charge in [-0.3, -0.25) is 9.80 Å². The van der Waals surface area contributed by atoms with E-state index < -0.39 is 0 Å². The lowest BCUT2D eigenvalue weighted by atomic mass is 10.3. The Morgan fingerprint density at radius 3 is 2.13 bits per heavy atom. The van der Waals surface area contributed by atoms with E-state index in [0.717, 1.165) is 52.4 Å². The summed E-state index contributed by atoms with van der Waals surface area (Å²) in [7, 11) is 0. The number of hydrogen-bond donors (Lipinski definition) is 3. The number of piperazine rings is 1. The van der Waals surface area contributed by atoms with Crippen LogP contribution in [0.1, 0.15) is 0 Å². The van der Waals surface area contributed by atoms with Gasteiger partial charge >= 0.3 is 0 Å². The Kier molecular flexibility index (Phi) is 6.87. The van der Waals surface area contributed by atoms with Crippen LogP contribution in [-0.2, 0) is 0 Å². The van der Waals surface area contributed by atoms with Gasteiger partial charge in [0, 0.05) is 58.9 Å². The molecule has 5 nitrogen and oxygen atoms in total. The van der Waals surface area contributed by atoms with Crippen LogP contribution in [0.5, 0.6) is 0 Å². The lowest BCUT2D eigenvalue weighted by Gasteiger charge is -2.34. The molecule has 0 aromatic rings. The van der Waals surface area contributed by atoms with Crippen molar-refractivity contribution in [3.8, 4) is 0 Å². The molecule has 0 radical (unpaired) electrons. The maximum atomic E-state index is 8.81.